The molecule has 19 heavy (non-hydrogen) atoms. The standard InChI is InChI=1S/C13H18N2O3S/c1-3-17-13(16)11-7(2)15-19-12(11)14-9-6-8-4-5-10(9)18-8/h8-10,14H,3-6H2,1-2H3. The summed E-state index contributed by atoms with van der Waals surface area (Å²) in [6.45, 7) is 4.03. The van der Waals surface area contributed by atoms with Gasteiger partial charge in [0.25, 0.3) is 0 Å². The van der Waals surface area contributed by atoms with Crippen LogP contribution < -0.4 is 5.32 Å². The van der Waals surface area contributed by atoms with Crippen LogP contribution in [0.3, 0.4) is 0 Å². The summed E-state index contributed by atoms with van der Waals surface area (Å²) in [5.41, 5.74) is 1.31. The van der Waals surface area contributed by atoms with Crippen LogP contribution in [-0.4, -0.2) is 35.2 Å². The quantitative estimate of drug-likeness (QED) is 0.859. The third-order valence-electron chi connectivity index (χ3n) is 3.76. The predicted octanol–water partition coefficient (Wildman–Crippen LogP) is 2.36. The molecule has 1 aromatic heterocycles. The Morgan fingerprint density at radius 2 is 2.42 bits per heavy atom. The Balaban J connectivity index is 1.76. The van der Waals surface area contributed by atoms with Crippen LogP contribution in [0.25, 0.3) is 0 Å². The first kappa shape index (κ1) is 12.9. The van der Waals surface area contributed by atoms with Gasteiger partial charge >= 0.3 is 5.97 Å². The van der Waals surface area contributed by atoms with Crippen LogP contribution >= 0.6 is 11.5 Å². The second kappa shape index (κ2) is 5.09. The van der Waals surface area contributed by atoms with Crippen molar-refractivity contribution in [1.82, 2.24) is 4.37 Å². The molecule has 3 atom stereocenters. The highest BCUT2D eigenvalue weighted by Crippen LogP contribution is 2.37. The lowest BCUT2D eigenvalue weighted by atomic mass is 9.95. The van der Waals surface area contributed by atoms with Crippen LogP contribution in [0.4, 0.5) is 5.00 Å². The molecule has 0 saturated carbocycles. The molecule has 104 valence electrons. The van der Waals surface area contributed by atoms with E-state index in [1.54, 1.807) is 0 Å². The number of aryl methyl sites for hydroxylation is 1. The fourth-order valence-electron chi connectivity index (χ4n) is 2.87. The second-order valence-electron chi connectivity index (χ2n) is 5.05. The van der Waals surface area contributed by atoms with E-state index in [1.165, 1.54) is 11.5 Å². The first-order valence-electron chi connectivity index (χ1n) is 6.74. The molecule has 2 bridgehead atoms. The van der Waals surface area contributed by atoms with Crippen LogP contribution in [0.2, 0.25) is 0 Å². The smallest absolute Gasteiger partial charge is 0.343 e. The molecule has 0 aromatic carbocycles. The summed E-state index contributed by atoms with van der Waals surface area (Å²) in [7, 11) is 0. The minimum absolute atomic E-state index is 0.280. The summed E-state index contributed by atoms with van der Waals surface area (Å²) in [4.78, 5) is 12.0. The van der Waals surface area contributed by atoms with E-state index >= 15 is 0 Å². The number of nitrogens with one attached hydrogen (secondary N) is 1. The van der Waals surface area contributed by atoms with E-state index in [0.29, 0.717) is 24.3 Å². The number of nitrogens with zero attached hydrogens (tertiary/aromatic N) is 1. The van der Waals surface area contributed by atoms with Gasteiger partial charge in [0.05, 0.1) is 30.6 Å². The van der Waals surface area contributed by atoms with Crippen molar-refractivity contribution in [1.29, 1.82) is 0 Å². The summed E-state index contributed by atoms with van der Waals surface area (Å²) < 4.78 is 15.2. The Morgan fingerprint density at radius 3 is 3.05 bits per heavy atom. The number of fused-ring (bicyclic) bond motifs is 2. The fraction of sp³-hybridized carbons (Fsp3) is 0.692. The number of anilines is 1. The number of ether oxygens (including phenoxy) is 2. The van der Waals surface area contributed by atoms with Gasteiger partial charge in [-0.05, 0) is 44.6 Å². The number of rotatable bonds is 4. The molecule has 0 radical (unpaired) electrons. The summed E-state index contributed by atoms with van der Waals surface area (Å²) in [5.74, 6) is -0.291. The topological polar surface area (TPSA) is 60.5 Å². The Labute approximate surface area is 116 Å². The van der Waals surface area contributed by atoms with E-state index in [0.717, 1.165) is 30.0 Å². The third kappa shape index (κ3) is 2.34. The Kier molecular flexibility index (Phi) is 3.45. The van der Waals surface area contributed by atoms with E-state index < -0.39 is 0 Å². The molecule has 3 rings (SSSR count). The van der Waals surface area contributed by atoms with Crippen molar-refractivity contribution in [2.75, 3.05) is 11.9 Å². The molecular weight excluding hydrogens is 264 g/mol. The number of carbonyl (C=O) groups excluding carboxylic acids is 1. The molecule has 0 aliphatic carbocycles. The molecule has 2 aliphatic rings. The summed E-state index contributed by atoms with van der Waals surface area (Å²) >= 11 is 1.33. The number of esters is 1. The summed E-state index contributed by atoms with van der Waals surface area (Å²) in [5, 5.41) is 4.25. The van der Waals surface area contributed by atoms with Gasteiger partial charge in [-0.25, -0.2) is 4.79 Å². The number of carbonyl (C=O) groups is 1. The fourth-order valence-corrected chi connectivity index (χ4v) is 3.72. The Bertz CT molecular complexity index is 488. The maximum absolute atomic E-state index is 12.0. The van der Waals surface area contributed by atoms with Crippen LogP contribution in [0, 0.1) is 6.92 Å². The van der Waals surface area contributed by atoms with Gasteiger partial charge in [-0.1, -0.05) is 0 Å². The molecule has 6 heteroatoms. The average Bonchev–Trinajstić information content (AvgIpc) is 3.06. The van der Waals surface area contributed by atoms with Gasteiger partial charge in [-0.15, -0.1) is 0 Å². The van der Waals surface area contributed by atoms with E-state index in [9.17, 15) is 4.79 Å². The molecule has 0 spiro atoms. The lowest BCUT2D eigenvalue weighted by Gasteiger charge is -2.20. The average molecular weight is 282 g/mol. The maximum Gasteiger partial charge on any atom is 0.343 e. The van der Waals surface area contributed by atoms with Crippen LogP contribution in [0.15, 0.2) is 0 Å². The third-order valence-corrected chi connectivity index (χ3v) is 4.63. The van der Waals surface area contributed by atoms with Gasteiger partial charge in [0.2, 0.25) is 0 Å². The minimum Gasteiger partial charge on any atom is -0.462 e. The molecule has 2 saturated heterocycles. The lowest BCUT2D eigenvalue weighted by Crippen LogP contribution is -2.30. The normalized spacial score (nSPS) is 28.6. The van der Waals surface area contributed by atoms with Crippen LogP contribution in [0.1, 0.15) is 42.2 Å². The van der Waals surface area contributed by atoms with Crippen molar-refractivity contribution < 1.29 is 14.3 Å². The summed E-state index contributed by atoms with van der Waals surface area (Å²) in [6, 6.07) is 0.298. The van der Waals surface area contributed by atoms with Gasteiger partial charge in [0.1, 0.15) is 10.6 Å². The van der Waals surface area contributed by atoms with Gasteiger partial charge in [0.15, 0.2) is 0 Å². The predicted molar refractivity (Wildman–Crippen MR) is 72.7 cm³/mol. The first-order chi connectivity index (χ1) is 9.19. The number of hydrogen-bond donors (Lipinski definition) is 1. The minimum atomic E-state index is -0.291. The van der Waals surface area contributed by atoms with Gasteiger partial charge in [-0.3, -0.25) is 0 Å². The molecule has 5 nitrogen and oxygen atoms in total. The van der Waals surface area contributed by atoms with Gasteiger partial charge in [0, 0.05) is 0 Å². The van der Waals surface area contributed by atoms with Gasteiger partial charge in [-0.2, -0.15) is 4.37 Å². The van der Waals surface area contributed by atoms with Gasteiger partial charge < -0.3 is 14.8 Å². The molecule has 0 amide bonds. The van der Waals surface area contributed by atoms with E-state index in [2.05, 4.69) is 9.69 Å². The molecule has 2 fully saturated rings. The second-order valence-corrected chi connectivity index (χ2v) is 5.83. The molecule has 1 aromatic rings. The Morgan fingerprint density at radius 1 is 1.58 bits per heavy atom. The van der Waals surface area contributed by atoms with E-state index in [-0.39, 0.29) is 12.1 Å². The van der Waals surface area contributed by atoms with Crippen molar-refractivity contribution >= 4 is 22.5 Å². The zero-order valence-electron chi connectivity index (χ0n) is 11.1. The maximum atomic E-state index is 12.0. The van der Waals surface area contributed by atoms with Crippen molar-refractivity contribution in [2.24, 2.45) is 0 Å². The Hall–Kier alpha value is -1.14. The highest BCUT2D eigenvalue weighted by molar-refractivity contribution is 7.10. The summed E-state index contributed by atoms with van der Waals surface area (Å²) in [6.07, 6.45) is 3.96. The largest absolute Gasteiger partial charge is 0.462 e. The number of hydrogen-bond acceptors (Lipinski definition) is 6. The SMILES string of the molecule is CCOC(=O)c1c(C)nsc1NC1CC2CCC1O2. The molecule has 2 aliphatic heterocycles. The lowest BCUT2D eigenvalue weighted by molar-refractivity contribution is 0.0526. The van der Waals surface area contributed by atoms with Crippen LogP contribution in [-0.2, 0) is 9.47 Å². The molecular formula is C13H18N2O3S. The first-order valence-corrected chi connectivity index (χ1v) is 7.51. The van der Waals surface area contributed by atoms with E-state index in [4.69, 9.17) is 9.47 Å². The molecule has 1 N–H and O–H groups in total. The van der Waals surface area contributed by atoms with Crippen molar-refractivity contribution in [2.45, 2.75) is 51.4 Å². The zero-order valence-corrected chi connectivity index (χ0v) is 12.0. The zero-order chi connectivity index (χ0) is 13.4. The van der Waals surface area contributed by atoms with Crippen LogP contribution in [0.5, 0.6) is 0 Å². The highest BCUT2D eigenvalue weighted by Gasteiger charge is 2.41. The number of aromatic nitrogens is 1. The molecule has 3 unspecified atom stereocenters. The highest BCUT2D eigenvalue weighted by atomic mass is 32.1. The van der Waals surface area contributed by atoms with Crippen molar-refractivity contribution in [3.8, 4) is 0 Å². The molecule has 3 heterocycles. The van der Waals surface area contributed by atoms with Crippen molar-refractivity contribution in [3.05, 3.63) is 11.3 Å². The monoisotopic (exact) mass is 282 g/mol. The van der Waals surface area contributed by atoms with Crippen molar-refractivity contribution in [3.63, 3.8) is 0 Å². The van der Waals surface area contributed by atoms with E-state index in [1.807, 2.05) is 13.8 Å².